The molecule has 1 rings (SSSR count). The Kier molecular flexibility index (Phi) is 4.86. The van der Waals surface area contributed by atoms with Gasteiger partial charge in [0, 0.05) is 12.8 Å². The number of hydrogen-bond acceptors (Lipinski definition) is 2. The molecule has 0 atom stereocenters. The van der Waals surface area contributed by atoms with E-state index in [1.54, 1.807) is 7.05 Å². The fraction of sp³-hybridized carbons (Fsp3) is 0.182. The second-order valence-corrected chi connectivity index (χ2v) is 3.65. The van der Waals surface area contributed by atoms with Crippen LogP contribution in [0, 0.1) is 0 Å². The van der Waals surface area contributed by atoms with Crippen LogP contribution in [0.4, 0.5) is 4.79 Å². The third-order valence-electron chi connectivity index (χ3n) is 1.62. The first kappa shape index (κ1) is 10.9. The molecule has 2 nitrogen and oxygen atoms in total. The van der Waals surface area contributed by atoms with Crippen molar-refractivity contribution >= 4 is 23.1 Å². The molecule has 0 radical (unpaired) electrons. The number of rotatable bonds is 3. The number of nitrogens with one attached hydrogen (secondary N) is 1. The summed E-state index contributed by atoms with van der Waals surface area (Å²) >= 11 is 1.26. The molecule has 0 unspecified atom stereocenters. The van der Waals surface area contributed by atoms with Gasteiger partial charge in [0.05, 0.1) is 0 Å². The zero-order valence-electron chi connectivity index (χ0n) is 8.07. The second kappa shape index (κ2) is 6.27. The van der Waals surface area contributed by atoms with Crippen LogP contribution in [0.25, 0.3) is 6.08 Å². The molecule has 0 fully saturated rings. The lowest BCUT2D eigenvalue weighted by Crippen LogP contribution is -2.11. The van der Waals surface area contributed by atoms with E-state index in [2.05, 4.69) is 5.32 Å². The van der Waals surface area contributed by atoms with Gasteiger partial charge < -0.3 is 5.32 Å². The Labute approximate surface area is 88.4 Å². The van der Waals surface area contributed by atoms with Gasteiger partial charge in [-0.25, -0.2) is 0 Å². The molecule has 0 aliphatic carbocycles. The van der Waals surface area contributed by atoms with Crippen LogP contribution >= 0.6 is 11.8 Å². The number of amides is 1. The molecule has 0 saturated heterocycles. The Bertz CT molecular complexity index is 308. The van der Waals surface area contributed by atoms with E-state index in [1.165, 1.54) is 11.8 Å². The predicted octanol–water partition coefficient (Wildman–Crippen LogP) is 2.77. The molecule has 0 aliphatic heterocycles. The smallest absolute Gasteiger partial charge is 0.279 e. The van der Waals surface area contributed by atoms with Crippen LogP contribution in [0.5, 0.6) is 0 Å². The van der Waals surface area contributed by atoms with Crippen molar-refractivity contribution in [1.82, 2.24) is 5.32 Å². The third kappa shape index (κ3) is 4.14. The van der Waals surface area contributed by atoms with Gasteiger partial charge >= 0.3 is 0 Å². The van der Waals surface area contributed by atoms with Crippen LogP contribution in [0.1, 0.15) is 5.56 Å². The Morgan fingerprint density at radius 1 is 1.43 bits per heavy atom. The van der Waals surface area contributed by atoms with Crippen LogP contribution in [0.3, 0.4) is 0 Å². The summed E-state index contributed by atoms with van der Waals surface area (Å²) < 4.78 is 0. The van der Waals surface area contributed by atoms with Crippen molar-refractivity contribution in [1.29, 1.82) is 0 Å². The molecule has 0 aliphatic rings. The van der Waals surface area contributed by atoms with Crippen molar-refractivity contribution in [3.8, 4) is 0 Å². The SMILES string of the molecule is CNC(=O)SCC=Cc1ccccc1. The van der Waals surface area contributed by atoms with Crippen LogP contribution in [0.15, 0.2) is 36.4 Å². The number of hydrogen-bond donors (Lipinski definition) is 1. The summed E-state index contributed by atoms with van der Waals surface area (Å²) in [4.78, 5) is 10.8. The molecular weight excluding hydrogens is 194 g/mol. The van der Waals surface area contributed by atoms with Gasteiger partial charge in [0.25, 0.3) is 5.24 Å². The average Bonchev–Trinajstić information content (AvgIpc) is 2.25. The molecule has 74 valence electrons. The number of carbonyl (C=O) groups excluding carboxylic acids is 1. The van der Waals surface area contributed by atoms with Gasteiger partial charge in [-0.05, 0) is 5.56 Å². The molecule has 1 aromatic rings. The van der Waals surface area contributed by atoms with E-state index in [1.807, 2.05) is 42.5 Å². The fourth-order valence-corrected chi connectivity index (χ4v) is 1.43. The molecule has 14 heavy (non-hydrogen) atoms. The second-order valence-electron chi connectivity index (χ2n) is 2.66. The molecule has 0 heterocycles. The van der Waals surface area contributed by atoms with E-state index >= 15 is 0 Å². The van der Waals surface area contributed by atoms with Crippen molar-refractivity contribution < 1.29 is 4.79 Å². The van der Waals surface area contributed by atoms with Crippen LogP contribution in [0.2, 0.25) is 0 Å². The van der Waals surface area contributed by atoms with Gasteiger partial charge in [-0.2, -0.15) is 0 Å². The zero-order chi connectivity index (χ0) is 10.2. The first-order valence-corrected chi connectivity index (χ1v) is 5.37. The summed E-state index contributed by atoms with van der Waals surface area (Å²) in [5, 5.41) is 2.56. The quantitative estimate of drug-likeness (QED) is 0.825. The minimum Gasteiger partial charge on any atom is -0.350 e. The Balaban J connectivity index is 2.31. The standard InChI is InChI=1S/C11H13NOS/c1-12-11(13)14-9-5-8-10-6-3-2-4-7-10/h2-8H,9H2,1H3,(H,12,13). The summed E-state index contributed by atoms with van der Waals surface area (Å²) in [7, 11) is 1.64. The molecule has 0 spiro atoms. The summed E-state index contributed by atoms with van der Waals surface area (Å²) in [6, 6.07) is 10.0. The maximum atomic E-state index is 10.8. The van der Waals surface area contributed by atoms with Gasteiger partial charge in [-0.15, -0.1) is 0 Å². The van der Waals surface area contributed by atoms with Crippen molar-refractivity contribution in [3.05, 3.63) is 42.0 Å². The maximum Gasteiger partial charge on any atom is 0.279 e. The van der Waals surface area contributed by atoms with Crippen LogP contribution in [-0.4, -0.2) is 18.0 Å². The lowest BCUT2D eigenvalue weighted by atomic mass is 10.2. The van der Waals surface area contributed by atoms with Crippen molar-refractivity contribution in [2.75, 3.05) is 12.8 Å². The Hall–Kier alpha value is -1.22. The van der Waals surface area contributed by atoms with Gasteiger partial charge in [0.15, 0.2) is 0 Å². The first-order valence-electron chi connectivity index (χ1n) is 4.39. The highest BCUT2D eigenvalue weighted by Crippen LogP contribution is 2.05. The van der Waals surface area contributed by atoms with Gasteiger partial charge in [0.2, 0.25) is 0 Å². The normalized spacial score (nSPS) is 10.4. The van der Waals surface area contributed by atoms with E-state index < -0.39 is 0 Å². The molecule has 1 N–H and O–H groups in total. The highest BCUT2D eigenvalue weighted by molar-refractivity contribution is 8.13. The van der Waals surface area contributed by atoms with E-state index in [0.29, 0.717) is 5.75 Å². The molecule has 3 heteroatoms. The maximum absolute atomic E-state index is 10.8. The Morgan fingerprint density at radius 2 is 2.14 bits per heavy atom. The summed E-state index contributed by atoms with van der Waals surface area (Å²) in [6.07, 6.45) is 3.99. The fourth-order valence-electron chi connectivity index (χ4n) is 0.944. The molecular formula is C11H13NOS. The van der Waals surface area contributed by atoms with Crippen LogP contribution < -0.4 is 5.32 Å². The molecule has 0 saturated carbocycles. The Morgan fingerprint density at radius 3 is 2.79 bits per heavy atom. The summed E-state index contributed by atoms with van der Waals surface area (Å²) in [6.45, 7) is 0. The summed E-state index contributed by atoms with van der Waals surface area (Å²) in [5.74, 6) is 0.703. The average molecular weight is 207 g/mol. The molecule has 0 aromatic heterocycles. The van der Waals surface area contributed by atoms with E-state index in [9.17, 15) is 4.79 Å². The van der Waals surface area contributed by atoms with Gasteiger partial charge in [-0.3, -0.25) is 4.79 Å². The lowest BCUT2D eigenvalue weighted by Gasteiger charge is -1.94. The van der Waals surface area contributed by atoms with Gasteiger partial charge in [-0.1, -0.05) is 54.2 Å². The number of carbonyl (C=O) groups is 1. The van der Waals surface area contributed by atoms with E-state index in [0.717, 1.165) is 5.56 Å². The monoisotopic (exact) mass is 207 g/mol. The molecule has 0 bridgehead atoms. The number of thioether (sulfide) groups is 1. The zero-order valence-corrected chi connectivity index (χ0v) is 8.88. The predicted molar refractivity (Wildman–Crippen MR) is 62.4 cm³/mol. The van der Waals surface area contributed by atoms with Crippen LogP contribution in [-0.2, 0) is 0 Å². The summed E-state index contributed by atoms with van der Waals surface area (Å²) in [5.41, 5.74) is 1.16. The lowest BCUT2D eigenvalue weighted by molar-refractivity contribution is 0.262. The number of benzene rings is 1. The van der Waals surface area contributed by atoms with Crippen molar-refractivity contribution in [2.24, 2.45) is 0 Å². The minimum absolute atomic E-state index is 0.00251. The van der Waals surface area contributed by atoms with Crippen molar-refractivity contribution in [3.63, 3.8) is 0 Å². The largest absolute Gasteiger partial charge is 0.350 e. The minimum atomic E-state index is 0.00251. The highest BCUT2D eigenvalue weighted by Gasteiger charge is 1.93. The van der Waals surface area contributed by atoms with E-state index in [-0.39, 0.29) is 5.24 Å². The first-order chi connectivity index (χ1) is 6.83. The van der Waals surface area contributed by atoms with E-state index in [4.69, 9.17) is 0 Å². The molecule has 1 amide bonds. The molecule has 1 aromatic carbocycles. The topological polar surface area (TPSA) is 29.1 Å². The van der Waals surface area contributed by atoms with Crippen molar-refractivity contribution in [2.45, 2.75) is 0 Å². The third-order valence-corrected chi connectivity index (χ3v) is 2.45. The van der Waals surface area contributed by atoms with Gasteiger partial charge in [0.1, 0.15) is 0 Å². The highest BCUT2D eigenvalue weighted by atomic mass is 32.2.